The van der Waals surface area contributed by atoms with E-state index in [1.807, 2.05) is 6.07 Å². The van der Waals surface area contributed by atoms with Crippen molar-refractivity contribution in [3.05, 3.63) is 23.8 Å². The Morgan fingerprint density at radius 3 is 2.81 bits per heavy atom. The van der Waals surface area contributed by atoms with Crippen molar-refractivity contribution in [3.8, 4) is 0 Å². The molecule has 1 fully saturated rings. The molecule has 116 valence electrons. The quantitative estimate of drug-likeness (QED) is 0.889. The van der Waals surface area contributed by atoms with Crippen LogP contribution in [0.2, 0.25) is 0 Å². The molecular formula is C15H22N2O3S. The Labute approximate surface area is 126 Å². The molecule has 5 nitrogen and oxygen atoms in total. The minimum absolute atomic E-state index is 0.310. The lowest BCUT2D eigenvalue weighted by molar-refractivity contribution is 0.0638. The normalized spacial score (nSPS) is 25.7. The van der Waals surface area contributed by atoms with Crippen LogP contribution in [0.15, 0.2) is 23.1 Å². The molecule has 1 heterocycles. The molecule has 3 rings (SSSR count). The summed E-state index contributed by atoms with van der Waals surface area (Å²) in [5.74, 6) is 0. The average Bonchev–Trinajstić information content (AvgIpc) is 2.94. The zero-order valence-electron chi connectivity index (χ0n) is 12.2. The largest absolute Gasteiger partial charge is 0.391 e. The van der Waals surface area contributed by atoms with Gasteiger partial charge < -0.3 is 10.4 Å². The average molecular weight is 310 g/mol. The molecule has 2 N–H and O–H groups in total. The second kappa shape index (κ2) is 5.59. The first-order chi connectivity index (χ1) is 10.00. The Balaban J connectivity index is 1.89. The summed E-state index contributed by atoms with van der Waals surface area (Å²) >= 11 is 0. The third kappa shape index (κ3) is 2.67. The van der Waals surface area contributed by atoms with Crippen LogP contribution >= 0.6 is 0 Å². The van der Waals surface area contributed by atoms with Crippen LogP contribution in [0.1, 0.15) is 31.2 Å². The fourth-order valence-corrected chi connectivity index (χ4v) is 4.77. The number of aliphatic hydroxyl groups excluding tert-OH is 1. The Morgan fingerprint density at radius 2 is 2.05 bits per heavy atom. The van der Waals surface area contributed by atoms with Gasteiger partial charge in [-0.15, -0.1) is 0 Å². The van der Waals surface area contributed by atoms with E-state index in [1.165, 1.54) is 4.31 Å². The molecule has 2 unspecified atom stereocenters. The summed E-state index contributed by atoms with van der Waals surface area (Å²) in [4.78, 5) is 0.324. The minimum Gasteiger partial charge on any atom is -0.391 e. The first-order valence-corrected chi connectivity index (χ1v) is 8.97. The van der Waals surface area contributed by atoms with E-state index in [1.54, 1.807) is 19.2 Å². The summed E-state index contributed by atoms with van der Waals surface area (Å²) in [5, 5.41) is 13.3. The van der Waals surface area contributed by atoms with Crippen LogP contribution in [0.5, 0.6) is 0 Å². The lowest BCUT2D eigenvalue weighted by atomic mass is 9.93. The van der Waals surface area contributed by atoms with E-state index < -0.39 is 16.1 Å². The van der Waals surface area contributed by atoms with Crippen LogP contribution in [-0.2, 0) is 16.4 Å². The van der Waals surface area contributed by atoms with Crippen LogP contribution in [0.25, 0.3) is 0 Å². The van der Waals surface area contributed by atoms with Gasteiger partial charge in [-0.3, -0.25) is 0 Å². The molecule has 1 aliphatic heterocycles. The van der Waals surface area contributed by atoms with E-state index in [0.717, 1.165) is 43.5 Å². The zero-order valence-corrected chi connectivity index (χ0v) is 13.1. The molecule has 21 heavy (non-hydrogen) atoms. The number of fused-ring (bicyclic) bond motifs is 1. The van der Waals surface area contributed by atoms with E-state index in [4.69, 9.17) is 0 Å². The fourth-order valence-electron chi connectivity index (χ4n) is 3.30. The lowest BCUT2D eigenvalue weighted by Gasteiger charge is -2.34. The summed E-state index contributed by atoms with van der Waals surface area (Å²) in [5.41, 5.74) is 2.07. The number of anilines is 1. The van der Waals surface area contributed by atoms with Crippen LogP contribution in [0.3, 0.4) is 0 Å². The molecule has 0 amide bonds. The highest BCUT2D eigenvalue weighted by atomic mass is 32.2. The van der Waals surface area contributed by atoms with Gasteiger partial charge in [0.2, 0.25) is 10.0 Å². The topological polar surface area (TPSA) is 69.6 Å². The Hall–Kier alpha value is -1.11. The molecule has 0 aromatic heterocycles. The highest BCUT2D eigenvalue weighted by Crippen LogP contribution is 2.30. The van der Waals surface area contributed by atoms with Gasteiger partial charge in [-0.25, -0.2) is 8.42 Å². The number of hydrogen-bond donors (Lipinski definition) is 2. The summed E-state index contributed by atoms with van der Waals surface area (Å²) in [6.45, 7) is 0.857. The third-order valence-electron chi connectivity index (χ3n) is 4.62. The number of aliphatic hydroxyl groups is 1. The summed E-state index contributed by atoms with van der Waals surface area (Å²) in [6, 6.07) is 4.93. The van der Waals surface area contributed by atoms with Crippen LogP contribution in [-0.4, -0.2) is 43.6 Å². The predicted octanol–water partition coefficient (Wildman–Crippen LogP) is 1.58. The number of sulfonamides is 1. The second-order valence-electron chi connectivity index (χ2n) is 5.94. The predicted molar refractivity (Wildman–Crippen MR) is 81.8 cm³/mol. The van der Waals surface area contributed by atoms with Crippen LogP contribution < -0.4 is 5.32 Å². The molecule has 0 saturated heterocycles. The summed E-state index contributed by atoms with van der Waals surface area (Å²) < 4.78 is 26.9. The Kier molecular flexibility index (Phi) is 3.94. The van der Waals surface area contributed by atoms with E-state index >= 15 is 0 Å². The molecule has 2 aliphatic rings. The van der Waals surface area contributed by atoms with Crippen LogP contribution in [0, 0.1) is 0 Å². The maximum absolute atomic E-state index is 12.8. The molecule has 0 spiro atoms. The Bertz CT molecular complexity index is 630. The van der Waals surface area contributed by atoms with Gasteiger partial charge in [-0.1, -0.05) is 12.8 Å². The maximum Gasteiger partial charge on any atom is 0.243 e. The number of nitrogens with one attached hydrogen (secondary N) is 1. The molecule has 2 atom stereocenters. The van der Waals surface area contributed by atoms with Crippen molar-refractivity contribution in [3.63, 3.8) is 0 Å². The first kappa shape index (κ1) is 14.8. The minimum atomic E-state index is -3.55. The molecule has 1 aromatic rings. The van der Waals surface area contributed by atoms with Gasteiger partial charge in [0, 0.05) is 19.3 Å². The first-order valence-electron chi connectivity index (χ1n) is 7.53. The number of likely N-dealkylation sites (N-methyl/N-ethyl adjacent to an activating group) is 1. The van der Waals surface area contributed by atoms with Gasteiger partial charge in [-0.05, 0) is 43.0 Å². The van der Waals surface area contributed by atoms with Gasteiger partial charge in [0.25, 0.3) is 0 Å². The second-order valence-corrected chi connectivity index (χ2v) is 7.93. The molecule has 1 aliphatic carbocycles. The summed E-state index contributed by atoms with van der Waals surface area (Å²) in [7, 11) is -1.96. The zero-order chi connectivity index (χ0) is 15.0. The lowest BCUT2D eigenvalue weighted by Crippen LogP contribution is -2.46. The van der Waals surface area contributed by atoms with Crippen molar-refractivity contribution in [1.82, 2.24) is 4.31 Å². The van der Waals surface area contributed by atoms with Crippen molar-refractivity contribution in [2.75, 3.05) is 18.9 Å². The van der Waals surface area contributed by atoms with E-state index in [-0.39, 0.29) is 6.04 Å². The van der Waals surface area contributed by atoms with Crippen molar-refractivity contribution >= 4 is 15.7 Å². The van der Waals surface area contributed by atoms with Gasteiger partial charge in [0.15, 0.2) is 0 Å². The van der Waals surface area contributed by atoms with Crippen molar-refractivity contribution in [1.29, 1.82) is 0 Å². The molecule has 1 aromatic carbocycles. The maximum atomic E-state index is 12.8. The highest BCUT2D eigenvalue weighted by molar-refractivity contribution is 7.89. The van der Waals surface area contributed by atoms with E-state index in [9.17, 15) is 13.5 Å². The molecular weight excluding hydrogens is 288 g/mol. The van der Waals surface area contributed by atoms with Crippen molar-refractivity contribution in [2.24, 2.45) is 0 Å². The Morgan fingerprint density at radius 1 is 1.29 bits per heavy atom. The van der Waals surface area contributed by atoms with Crippen molar-refractivity contribution in [2.45, 2.75) is 49.1 Å². The SMILES string of the molecule is CN(C1CCCCC1O)S(=O)(=O)c1ccc2c(c1)CCN2. The number of benzene rings is 1. The van der Waals surface area contributed by atoms with Gasteiger partial charge in [-0.2, -0.15) is 4.31 Å². The number of hydrogen-bond acceptors (Lipinski definition) is 4. The highest BCUT2D eigenvalue weighted by Gasteiger charge is 2.34. The molecule has 1 saturated carbocycles. The summed E-state index contributed by atoms with van der Waals surface area (Å²) in [6.07, 6.45) is 3.64. The fraction of sp³-hybridized carbons (Fsp3) is 0.600. The number of nitrogens with zero attached hydrogens (tertiary/aromatic N) is 1. The smallest absolute Gasteiger partial charge is 0.243 e. The third-order valence-corrected chi connectivity index (χ3v) is 6.50. The van der Waals surface area contributed by atoms with Gasteiger partial charge in [0.1, 0.15) is 0 Å². The van der Waals surface area contributed by atoms with Crippen LogP contribution in [0.4, 0.5) is 5.69 Å². The van der Waals surface area contributed by atoms with E-state index in [0.29, 0.717) is 11.3 Å². The molecule has 0 radical (unpaired) electrons. The molecule has 6 heteroatoms. The standard InChI is InChI=1S/C15H22N2O3S/c1-17(14-4-2-3-5-15(14)18)21(19,20)12-6-7-13-11(10-12)8-9-16-13/h6-7,10,14-16,18H,2-5,8-9H2,1H3. The van der Waals surface area contributed by atoms with Gasteiger partial charge >= 0.3 is 0 Å². The number of rotatable bonds is 3. The monoisotopic (exact) mass is 310 g/mol. The van der Waals surface area contributed by atoms with Crippen molar-refractivity contribution < 1.29 is 13.5 Å². The molecule has 0 bridgehead atoms. The van der Waals surface area contributed by atoms with E-state index in [2.05, 4.69) is 5.32 Å². The van der Waals surface area contributed by atoms with Gasteiger partial charge in [0.05, 0.1) is 17.0 Å².